The first-order chi connectivity index (χ1) is 16.6. The molecule has 12 nitrogen and oxygen atoms in total. The number of halogens is 1. The van der Waals surface area contributed by atoms with Gasteiger partial charge in [0.1, 0.15) is 6.67 Å². The third-order valence-corrected chi connectivity index (χ3v) is 10.1. The summed E-state index contributed by atoms with van der Waals surface area (Å²) in [7, 11) is 0.0426. The molecule has 5 aliphatic rings. The van der Waals surface area contributed by atoms with Crippen molar-refractivity contribution in [3.05, 3.63) is 0 Å². The Balaban J connectivity index is 1.36. The Morgan fingerprint density at radius 2 is 1.89 bits per heavy atom. The van der Waals surface area contributed by atoms with Gasteiger partial charge in [-0.15, -0.1) is 0 Å². The molecular formula is C21H37FN8O4S. The molecule has 3 saturated heterocycles. The quantitative estimate of drug-likeness (QED) is 0.308. The highest BCUT2D eigenvalue weighted by molar-refractivity contribution is 7.90. The van der Waals surface area contributed by atoms with Crippen molar-refractivity contribution in [1.82, 2.24) is 40.9 Å². The van der Waals surface area contributed by atoms with Crippen LogP contribution in [0.25, 0.3) is 0 Å². The lowest BCUT2D eigenvalue weighted by Crippen LogP contribution is -2.66. The molecule has 0 radical (unpaired) electrons. The van der Waals surface area contributed by atoms with E-state index in [1.165, 1.54) is 4.90 Å². The molecule has 2 saturated carbocycles. The van der Waals surface area contributed by atoms with Gasteiger partial charge >= 0.3 is 6.03 Å². The first kappa shape index (κ1) is 25.2. The average molecular weight is 517 g/mol. The Morgan fingerprint density at radius 1 is 1.11 bits per heavy atom. The van der Waals surface area contributed by atoms with E-state index in [0.717, 1.165) is 6.54 Å². The van der Waals surface area contributed by atoms with Gasteiger partial charge in [-0.3, -0.25) is 15.1 Å². The molecule has 0 spiro atoms. The second-order valence-electron chi connectivity index (χ2n) is 11.0. The molecule has 4 N–H and O–H groups in total. The molecule has 3 aliphatic heterocycles. The molecule has 5 unspecified atom stereocenters. The Labute approximate surface area is 205 Å². The molecule has 2 aliphatic carbocycles. The zero-order chi connectivity index (χ0) is 25.0. The van der Waals surface area contributed by atoms with Crippen LogP contribution < -0.4 is 21.1 Å². The highest BCUT2D eigenvalue weighted by atomic mass is 32.2. The summed E-state index contributed by atoms with van der Waals surface area (Å²) >= 11 is 0. The lowest BCUT2D eigenvalue weighted by molar-refractivity contribution is -0.141. The van der Waals surface area contributed by atoms with Crippen molar-refractivity contribution in [3.63, 3.8) is 0 Å². The first-order valence-electron chi connectivity index (χ1n) is 12.5. The minimum absolute atomic E-state index is 0.0127. The number of likely N-dealkylation sites (N-methyl/N-ethyl adjacent to an activating group) is 1. The molecule has 5 atom stereocenters. The maximum absolute atomic E-state index is 13.6. The normalized spacial score (nSPS) is 36.1. The predicted molar refractivity (Wildman–Crippen MR) is 126 cm³/mol. The monoisotopic (exact) mass is 516 g/mol. The predicted octanol–water partition coefficient (Wildman–Crippen LogP) is -1.40. The third-order valence-electron chi connectivity index (χ3n) is 8.13. The van der Waals surface area contributed by atoms with Crippen LogP contribution in [0.15, 0.2) is 0 Å². The van der Waals surface area contributed by atoms with Gasteiger partial charge < -0.3 is 4.90 Å². The molecule has 14 heteroatoms. The molecule has 5 fully saturated rings. The average Bonchev–Trinajstić information content (AvgIpc) is 3.26. The van der Waals surface area contributed by atoms with E-state index in [0.29, 0.717) is 51.9 Å². The fourth-order valence-corrected chi connectivity index (χ4v) is 7.89. The van der Waals surface area contributed by atoms with E-state index in [1.807, 2.05) is 24.1 Å². The SMILES string of the molecule is CN1CC(CN2C(=O)C3CC(S(=O)(=O)NC4(CF)CC4)CCC3N(CC3CN(C)NN3)C2=O)CN1. The molecule has 5 rings (SSSR count). The van der Waals surface area contributed by atoms with Gasteiger partial charge in [0, 0.05) is 58.8 Å². The van der Waals surface area contributed by atoms with Crippen molar-refractivity contribution in [3.8, 4) is 0 Å². The highest BCUT2D eigenvalue weighted by Gasteiger charge is 2.53. The number of hydrogen-bond acceptors (Lipinski definition) is 9. The van der Waals surface area contributed by atoms with Crippen molar-refractivity contribution in [2.75, 3.05) is 53.5 Å². The van der Waals surface area contributed by atoms with E-state index in [9.17, 15) is 22.4 Å². The number of sulfonamides is 1. The van der Waals surface area contributed by atoms with Crippen LogP contribution >= 0.6 is 0 Å². The second-order valence-corrected chi connectivity index (χ2v) is 13.0. The molecule has 0 aromatic carbocycles. The van der Waals surface area contributed by atoms with Crippen LogP contribution in [-0.2, 0) is 14.8 Å². The van der Waals surface area contributed by atoms with E-state index >= 15 is 0 Å². The number of imide groups is 1. The number of hydrogen-bond donors (Lipinski definition) is 4. The number of fused-ring (bicyclic) bond motifs is 1. The number of hydrazine groups is 3. The number of rotatable bonds is 8. The fraction of sp³-hybridized carbons (Fsp3) is 0.905. The minimum Gasteiger partial charge on any atom is -0.319 e. The van der Waals surface area contributed by atoms with E-state index in [2.05, 4.69) is 21.1 Å². The summed E-state index contributed by atoms with van der Waals surface area (Å²) in [4.78, 5) is 30.4. The van der Waals surface area contributed by atoms with Crippen LogP contribution in [0.5, 0.6) is 0 Å². The summed E-state index contributed by atoms with van der Waals surface area (Å²) in [5.74, 6) is -0.775. The molecule has 0 aromatic rings. The molecule has 3 heterocycles. The van der Waals surface area contributed by atoms with Gasteiger partial charge in [0.2, 0.25) is 15.9 Å². The second kappa shape index (κ2) is 9.47. The van der Waals surface area contributed by atoms with Gasteiger partial charge in [0.15, 0.2) is 0 Å². The third kappa shape index (κ3) is 5.06. The summed E-state index contributed by atoms with van der Waals surface area (Å²) in [5, 5.41) is 3.07. The van der Waals surface area contributed by atoms with Crippen LogP contribution in [-0.4, -0.2) is 117 Å². The van der Waals surface area contributed by atoms with Crippen LogP contribution in [0.3, 0.4) is 0 Å². The van der Waals surface area contributed by atoms with Crippen molar-refractivity contribution < 1.29 is 22.4 Å². The molecule has 0 aromatic heterocycles. The number of amides is 3. The lowest BCUT2D eigenvalue weighted by atomic mass is 9.80. The van der Waals surface area contributed by atoms with Crippen LogP contribution in [0, 0.1) is 11.8 Å². The van der Waals surface area contributed by atoms with Crippen LogP contribution in [0.1, 0.15) is 32.1 Å². The summed E-state index contributed by atoms with van der Waals surface area (Å²) < 4.78 is 42.2. The molecular weight excluding hydrogens is 479 g/mol. The number of carbonyl (C=O) groups excluding carboxylic acids is 2. The van der Waals surface area contributed by atoms with Crippen molar-refractivity contribution in [2.24, 2.45) is 11.8 Å². The van der Waals surface area contributed by atoms with Gasteiger partial charge in [-0.05, 0) is 32.1 Å². The van der Waals surface area contributed by atoms with Crippen molar-refractivity contribution in [2.45, 2.75) is 55.0 Å². The van der Waals surface area contributed by atoms with Crippen LogP contribution in [0.4, 0.5) is 9.18 Å². The summed E-state index contributed by atoms with van der Waals surface area (Å²) in [6.07, 6.45) is 1.90. The minimum atomic E-state index is -3.78. The van der Waals surface area contributed by atoms with Crippen LogP contribution in [0.2, 0.25) is 0 Å². The van der Waals surface area contributed by atoms with Gasteiger partial charge in [0.25, 0.3) is 0 Å². The number of carbonyl (C=O) groups is 2. The summed E-state index contributed by atoms with van der Waals surface area (Å²) in [6, 6.07) is -0.650. The van der Waals surface area contributed by atoms with E-state index < -0.39 is 33.4 Å². The summed E-state index contributed by atoms with van der Waals surface area (Å²) in [5.41, 5.74) is 8.44. The Hall–Kier alpha value is -1.42. The Bertz CT molecular complexity index is 950. The van der Waals surface area contributed by atoms with Gasteiger partial charge in [-0.1, -0.05) is 0 Å². The number of nitrogens with zero attached hydrogens (tertiary/aromatic N) is 4. The largest absolute Gasteiger partial charge is 0.327 e. The smallest absolute Gasteiger partial charge is 0.319 e. The fourth-order valence-electron chi connectivity index (χ4n) is 5.95. The van der Waals surface area contributed by atoms with Gasteiger partial charge in [-0.2, -0.15) is 5.53 Å². The van der Waals surface area contributed by atoms with Crippen molar-refractivity contribution >= 4 is 22.0 Å². The van der Waals surface area contributed by atoms with Gasteiger partial charge in [0.05, 0.1) is 22.7 Å². The number of alkyl halides is 1. The Morgan fingerprint density at radius 3 is 2.49 bits per heavy atom. The molecule has 0 bridgehead atoms. The summed E-state index contributed by atoms with van der Waals surface area (Å²) in [6.45, 7) is 2.08. The standard InChI is InChI=1S/C21H37FN8O4S/c1-27-9-14(8-23-27)10-30-19(31)17-7-16(35(33,34)25-21(13-22)5-6-21)3-4-18(17)29(20(30)32)12-15-11-28(2)26-24-15/h14-18,23-26H,3-13H2,1-2H3. The molecule has 198 valence electrons. The molecule has 3 amide bonds. The van der Waals surface area contributed by atoms with E-state index in [1.54, 1.807) is 4.90 Å². The Kier molecular flexibility index (Phi) is 6.83. The van der Waals surface area contributed by atoms with Gasteiger partial charge in [-0.25, -0.2) is 37.8 Å². The molecule has 35 heavy (non-hydrogen) atoms. The first-order valence-corrected chi connectivity index (χ1v) is 14.0. The van der Waals surface area contributed by atoms with E-state index in [4.69, 9.17) is 0 Å². The highest BCUT2D eigenvalue weighted by Crippen LogP contribution is 2.41. The topological polar surface area (TPSA) is 129 Å². The van der Waals surface area contributed by atoms with Crippen molar-refractivity contribution in [1.29, 1.82) is 0 Å². The zero-order valence-corrected chi connectivity index (χ0v) is 21.2. The number of nitrogens with one attached hydrogen (secondary N) is 4. The van der Waals surface area contributed by atoms with E-state index in [-0.39, 0.29) is 36.4 Å². The lowest BCUT2D eigenvalue weighted by Gasteiger charge is -2.49. The number of urea groups is 1. The maximum atomic E-state index is 13.6. The zero-order valence-electron chi connectivity index (χ0n) is 20.4. The maximum Gasteiger partial charge on any atom is 0.327 e.